The van der Waals surface area contributed by atoms with Gasteiger partial charge in [-0.05, 0) is 70.9 Å². The Morgan fingerprint density at radius 3 is 2.77 bits per heavy atom. The van der Waals surface area contributed by atoms with E-state index in [1.165, 1.54) is 18.3 Å². The van der Waals surface area contributed by atoms with Crippen molar-refractivity contribution in [1.29, 1.82) is 5.41 Å². The molecule has 1 aliphatic rings. The van der Waals surface area contributed by atoms with E-state index in [4.69, 9.17) is 10.1 Å². The topological polar surface area (TPSA) is 80.0 Å². The van der Waals surface area contributed by atoms with Crippen molar-refractivity contribution < 1.29 is 13.9 Å². The highest BCUT2D eigenvalue weighted by Gasteiger charge is 2.33. The molecule has 1 aromatic heterocycles. The van der Waals surface area contributed by atoms with Gasteiger partial charge >= 0.3 is 6.09 Å². The van der Waals surface area contributed by atoms with Crippen LogP contribution in [0.3, 0.4) is 0 Å². The second-order valence-electron chi connectivity index (χ2n) is 7.89. The fourth-order valence-electron chi connectivity index (χ4n) is 3.30. The first-order chi connectivity index (χ1) is 12.2. The highest BCUT2D eigenvalue weighted by Crippen LogP contribution is 2.40. The average Bonchev–Trinajstić information content (AvgIpc) is 2.83. The number of hydrogen-bond acceptors (Lipinski definition) is 4. The van der Waals surface area contributed by atoms with E-state index in [1.807, 2.05) is 11.5 Å². The molecule has 1 aliphatic carbocycles. The van der Waals surface area contributed by atoms with Crippen LogP contribution in [-0.2, 0) is 4.74 Å². The number of halogens is 1. The molecule has 6 nitrogen and oxygen atoms in total. The van der Waals surface area contributed by atoms with Crippen molar-refractivity contribution in [2.24, 2.45) is 5.92 Å². The molecule has 1 saturated carbocycles. The third kappa shape index (κ3) is 3.71. The van der Waals surface area contributed by atoms with Crippen LogP contribution in [0.25, 0.3) is 11.0 Å². The number of alkyl carbamates (subject to hydrolysis) is 1. The van der Waals surface area contributed by atoms with Crippen molar-refractivity contribution in [3.63, 3.8) is 0 Å². The van der Waals surface area contributed by atoms with Gasteiger partial charge in [0.05, 0.1) is 17.1 Å². The molecule has 1 heterocycles. The van der Waals surface area contributed by atoms with Crippen molar-refractivity contribution >= 4 is 23.3 Å². The molecule has 1 amide bonds. The summed E-state index contributed by atoms with van der Waals surface area (Å²) in [6, 6.07) is 4.27. The van der Waals surface area contributed by atoms with Crippen LogP contribution in [0.5, 0.6) is 0 Å². The molecule has 1 aromatic carbocycles. The maximum Gasteiger partial charge on any atom is 0.408 e. The van der Waals surface area contributed by atoms with Gasteiger partial charge in [0, 0.05) is 6.04 Å². The first kappa shape index (κ1) is 18.4. The van der Waals surface area contributed by atoms with Gasteiger partial charge in [-0.1, -0.05) is 0 Å². The molecule has 0 spiro atoms. The molecule has 7 heteroatoms. The molecule has 0 aliphatic heterocycles. The van der Waals surface area contributed by atoms with Crippen molar-refractivity contribution in [3.05, 3.63) is 29.8 Å². The number of fused-ring (bicyclic) bond motifs is 1. The molecule has 0 radical (unpaired) electrons. The fraction of sp³-hybridized carbons (Fsp3) is 0.526. The van der Waals surface area contributed by atoms with E-state index in [0.29, 0.717) is 16.9 Å². The molecule has 0 bridgehead atoms. The summed E-state index contributed by atoms with van der Waals surface area (Å²) in [5, 5.41) is 10.2. The molecule has 26 heavy (non-hydrogen) atoms. The lowest BCUT2D eigenvalue weighted by molar-refractivity contribution is 0.0504. The van der Waals surface area contributed by atoms with Crippen molar-refractivity contribution in [2.45, 2.75) is 58.2 Å². The SMILES string of the molecule is C[C@H](NC(=O)OC(C)(C)C)c1nc2ccc(F)cc2n1C1CC(C=N)C1. The minimum atomic E-state index is -0.585. The molecule has 0 saturated heterocycles. The second-order valence-corrected chi connectivity index (χ2v) is 7.89. The van der Waals surface area contributed by atoms with Gasteiger partial charge in [0.1, 0.15) is 17.2 Å². The standard InChI is InChI=1S/C19H25FN4O2/c1-11(22-18(25)26-19(2,3)4)17-23-15-6-5-13(20)9-16(15)24(17)14-7-12(8-14)10-21/h5-6,9-12,14,21H,7-8H2,1-4H3,(H,22,25)/t11-,12?,14?/m0/s1. The number of hydrogen-bond donors (Lipinski definition) is 2. The predicted octanol–water partition coefficient (Wildman–Crippen LogP) is 4.36. The molecule has 3 rings (SSSR count). The number of carbonyl (C=O) groups excluding carboxylic acids is 1. The quantitative estimate of drug-likeness (QED) is 0.795. The zero-order valence-electron chi connectivity index (χ0n) is 15.5. The van der Waals surface area contributed by atoms with E-state index in [9.17, 15) is 9.18 Å². The van der Waals surface area contributed by atoms with Gasteiger partial charge in [0.15, 0.2) is 0 Å². The Kier molecular flexibility index (Phi) is 4.73. The zero-order valence-corrected chi connectivity index (χ0v) is 15.5. The summed E-state index contributed by atoms with van der Waals surface area (Å²) in [5.74, 6) is 0.596. The van der Waals surface area contributed by atoms with Crippen molar-refractivity contribution in [3.8, 4) is 0 Å². The molecule has 2 N–H and O–H groups in total. The molecular weight excluding hydrogens is 335 g/mol. The lowest BCUT2D eigenvalue weighted by atomic mass is 9.80. The van der Waals surface area contributed by atoms with Gasteiger partial charge in [-0.25, -0.2) is 14.2 Å². The summed E-state index contributed by atoms with van der Waals surface area (Å²) in [6.45, 7) is 7.26. The zero-order chi connectivity index (χ0) is 19.1. The monoisotopic (exact) mass is 360 g/mol. The van der Waals surface area contributed by atoms with Crippen LogP contribution >= 0.6 is 0 Å². The number of aromatic nitrogens is 2. The summed E-state index contributed by atoms with van der Waals surface area (Å²) in [5.41, 5.74) is 0.821. The Balaban J connectivity index is 1.91. The van der Waals surface area contributed by atoms with Crippen LogP contribution in [0.2, 0.25) is 0 Å². The molecule has 0 unspecified atom stereocenters. The summed E-state index contributed by atoms with van der Waals surface area (Å²) >= 11 is 0. The third-order valence-electron chi connectivity index (χ3n) is 4.55. The van der Waals surface area contributed by atoms with Gasteiger partial charge in [-0.3, -0.25) is 0 Å². The van der Waals surface area contributed by atoms with Crippen LogP contribution in [0.4, 0.5) is 9.18 Å². The van der Waals surface area contributed by atoms with E-state index in [1.54, 1.807) is 26.8 Å². The minimum Gasteiger partial charge on any atom is -0.444 e. The highest BCUT2D eigenvalue weighted by atomic mass is 19.1. The van der Waals surface area contributed by atoms with Crippen LogP contribution in [0.15, 0.2) is 18.2 Å². The Morgan fingerprint density at radius 2 is 2.15 bits per heavy atom. The molecular formula is C19H25FN4O2. The molecule has 140 valence electrons. The van der Waals surface area contributed by atoms with E-state index < -0.39 is 11.7 Å². The van der Waals surface area contributed by atoms with Gasteiger partial charge in [0.2, 0.25) is 0 Å². The Bertz CT molecular complexity index is 834. The molecule has 2 aromatic rings. The van der Waals surface area contributed by atoms with Crippen LogP contribution in [0, 0.1) is 17.1 Å². The van der Waals surface area contributed by atoms with Crippen LogP contribution in [-0.4, -0.2) is 27.5 Å². The number of imidazole rings is 1. The van der Waals surface area contributed by atoms with Gasteiger partial charge < -0.3 is 20.0 Å². The van der Waals surface area contributed by atoms with E-state index in [0.717, 1.165) is 12.8 Å². The van der Waals surface area contributed by atoms with Gasteiger partial charge in [-0.2, -0.15) is 0 Å². The second kappa shape index (κ2) is 6.70. The van der Waals surface area contributed by atoms with Crippen molar-refractivity contribution in [2.75, 3.05) is 0 Å². The first-order valence-corrected chi connectivity index (χ1v) is 8.85. The highest BCUT2D eigenvalue weighted by molar-refractivity contribution is 5.77. The number of rotatable bonds is 4. The third-order valence-corrected chi connectivity index (χ3v) is 4.55. The van der Waals surface area contributed by atoms with E-state index >= 15 is 0 Å². The van der Waals surface area contributed by atoms with Crippen LogP contribution < -0.4 is 5.32 Å². The smallest absolute Gasteiger partial charge is 0.408 e. The maximum absolute atomic E-state index is 13.8. The predicted molar refractivity (Wildman–Crippen MR) is 98.0 cm³/mol. The van der Waals surface area contributed by atoms with Gasteiger partial charge in [-0.15, -0.1) is 0 Å². The number of amides is 1. The lowest BCUT2D eigenvalue weighted by Gasteiger charge is -2.35. The molecule has 1 fully saturated rings. The number of carbonyl (C=O) groups is 1. The normalized spacial score (nSPS) is 21.1. The average molecular weight is 360 g/mol. The van der Waals surface area contributed by atoms with Crippen LogP contribution in [0.1, 0.15) is 58.4 Å². The fourth-order valence-corrected chi connectivity index (χ4v) is 3.30. The first-order valence-electron chi connectivity index (χ1n) is 8.85. The maximum atomic E-state index is 13.8. The van der Waals surface area contributed by atoms with Crippen molar-refractivity contribution in [1.82, 2.24) is 14.9 Å². The largest absolute Gasteiger partial charge is 0.444 e. The number of nitrogens with one attached hydrogen (secondary N) is 2. The summed E-state index contributed by atoms with van der Waals surface area (Å²) in [4.78, 5) is 16.7. The van der Waals surface area contributed by atoms with E-state index in [2.05, 4.69) is 10.3 Å². The summed E-state index contributed by atoms with van der Waals surface area (Å²) in [6.07, 6.45) is 2.58. The number of benzene rings is 1. The Hall–Kier alpha value is -2.44. The van der Waals surface area contributed by atoms with Gasteiger partial charge in [0.25, 0.3) is 0 Å². The van der Waals surface area contributed by atoms with E-state index in [-0.39, 0.29) is 23.8 Å². The Labute approximate surface area is 152 Å². The number of ether oxygens (including phenoxy) is 1. The number of nitrogens with zero attached hydrogens (tertiary/aromatic N) is 2. The lowest BCUT2D eigenvalue weighted by Crippen LogP contribution is -2.36. The minimum absolute atomic E-state index is 0.145. The Morgan fingerprint density at radius 1 is 1.46 bits per heavy atom. The molecule has 1 atom stereocenters. The summed E-state index contributed by atoms with van der Waals surface area (Å²) < 4.78 is 21.1. The summed E-state index contributed by atoms with van der Waals surface area (Å²) in [7, 11) is 0.